The summed E-state index contributed by atoms with van der Waals surface area (Å²) in [5.41, 5.74) is 12.1. The van der Waals surface area contributed by atoms with Crippen LogP contribution in [-0.4, -0.2) is 20.5 Å². The summed E-state index contributed by atoms with van der Waals surface area (Å²) in [6.07, 6.45) is 3.91. The van der Waals surface area contributed by atoms with Crippen LogP contribution in [0.15, 0.2) is 91.1 Å². The summed E-state index contributed by atoms with van der Waals surface area (Å²) in [4.78, 5) is 0. The molecule has 3 aromatic carbocycles. The second-order valence-electron chi connectivity index (χ2n) is 7.66. The van der Waals surface area contributed by atoms with Crippen molar-refractivity contribution in [1.82, 2.24) is 15.0 Å². The summed E-state index contributed by atoms with van der Waals surface area (Å²) < 4.78 is 1.82. The highest BCUT2D eigenvalue weighted by Gasteiger charge is 2.51. The quantitative estimate of drug-likeness (QED) is 0.571. The van der Waals surface area contributed by atoms with Gasteiger partial charge in [0.1, 0.15) is 5.69 Å². The summed E-state index contributed by atoms with van der Waals surface area (Å²) in [5, 5.41) is 8.57. The molecular formula is C24H22N4. The highest BCUT2D eigenvalue weighted by atomic mass is 15.4. The molecule has 2 N–H and O–H groups in total. The third-order valence-electron chi connectivity index (χ3n) is 5.62. The molecular weight excluding hydrogens is 344 g/mol. The number of nitrogens with two attached hydrogens (primary N) is 1. The van der Waals surface area contributed by atoms with E-state index in [1.807, 2.05) is 47.3 Å². The molecule has 1 saturated carbocycles. The normalized spacial score (nSPS) is 20.8. The van der Waals surface area contributed by atoms with Crippen molar-refractivity contribution in [3.63, 3.8) is 0 Å². The number of hydrogen-bond donors (Lipinski definition) is 1. The van der Waals surface area contributed by atoms with Crippen LogP contribution in [0, 0.1) is 0 Å². The van der Waals surface area contributed by atoms with E-state index in [2.05, 4.69) is 58.8 Å². The second-order valence-corrected chi connectivity index (χ2v) is 7.66. The molecule has 138 valence electrons. The predicted molar refractivity (Wildman–Crippen MR) is 111 cm³/mol. The fraction of sp³-hybridized carbons (Fsp3) is 0.167. The van der Waals surface area contributed by atoms with Crippen molar-refractivity contribution in [2.24, 2.45) is 5.73 Å². The Morgan fingerprint density at radius 1 is 0.893 bits per heavy atom. The van der Waals surface area contributed by atoms with Gasteiger partial charge >= 0.3 is 0 Å². The Kier molecular flexibility index (Phi) is 4.06. The summed E-state index contributed by atoms with van der Waals surface area (Å²) >= 11 is 0. The molecule has 4 nitrogen and oxygen atoms in total. The molecule has 28 heavy (non-hydrogen) atoms. The van der Waals surface area contributed by atoms with Gasteiger partial charge in [0.05, 0.1) is 11.9 Å². The summed E-state index contributed by atoms with van der Waals surface area (Å²) in [5.74, 6) is 0.414. The SMILES string of the molecule is N[C@]1(Cc2ccccc2)C[C@@H]1c1ccc(-n2cc(-c3ccccc3)nn2)cc1. The highest BCUT2D eigenvalue weighted by Crippen LogP contribution is 2.51. The number of benzene rings is 3. The molecule has 0 aliphatic heterocycles. The van der Waals surface area contributed by atoms with Crippen LogP contribution in [0.2, 0.25) is 0 Å². The van der Waals surface area contributed by atoms with Crippen LogP contribution in [0.1, 0.15) is 23.5 Å². The Balaban J connectivity index is 1.31. The van der Waals surface area contributed by atoms with Gasteiger partial charge in [-0.15, -0.1) is 5.10 Å². The molecule has 0 radical (unpaired) electrons. The molecule has 2 atom stereocenters. The van der Waals surface area contributed by atoms with Crippen LogP contribution < -0.4 is 5.73 Å². The molecule has 0 amide bonds. The fourth-order valence-electron chi connectivity index (χ4n) is 3.93. The van der Waals surface area contributed by atoms with Gasteiger partial charge in [0, 0.05) is 17.0 Å². The molecule has 0 spiro atoms. The van der Waals surface area contributed by atoms with Crippen LogP contribution in [0.25, 0.3) is 16.9 Å². The van der Waals surface area contributed by atoms with E-state index in [1.165, 1.54) is 11.1 Å². The van der Waals surface area contributed by atoms with Crippen LogP contribution in [0.5, 0.6) is 0 Å². The smallest absolute Gasteiger partial charge is 0.113 e. The summed E-state index contributed by atoms with van der Waals surface area (Å²) in [7, 11) is 0. The van der Waals surface area contributed by atoms with E-state index in [0.29, 0.717) is 5.92 Å². The van der Waals surface area contributed by atoms with Gasteiger partial charge in [0.25, 0.3) is 0 Å². The van der Waals surface area contributed by atoms with E-state index in [-0.39, 0.29) is 5.54 Å². The Morgan fingerprint density at radius 2 is 1.57 bits per heavy atom. The fourth-order valence-corrected chi connectivity index (χ4v) is 3.93. The minimum absolute atomic E-state index is 0.128. The minimum atomic E-state index is -0.128. The molecule has 1 fully saturated rings. The maximum Gasteiger partial charge on any atom is 0.113 e. The third-order valence-corrected chi connectivity index (χ3v) is 5.62. The number of nitrogens with zero attached hydrogens (tertiary/aromatic N) is 3. The van der Waals surface area contributed by atoms with Crippen molar-refractivity contribution in [3.05, 3.63) is 102 Å². The first-order valence-corrected chi connectivity index (χ1v) is 9.62. The Morgan fingerprint density at radius 3 is 2.29 bits per heavy atom. The first-order valence-electron chi connectivity index (χ1n) is 9.62. The predicted octanol–water partition coefficient (Wildman–Crippen LogP) is 4.36. The van der Waals surface area contributed by atoms with E-state index >= 15 is 0 Å². The average molecular weight is 366 g/mol. The first kappa shape index (κ1) is 16.9. The van der Waals surface area contributed by atoms with Crippen molar-refractivity contribution < 1.29 is 0 Å². The van der Waals surface area contributed by atoms with Gasteiger partial charge in [0.15, 0.2) is 0 Å². The number of rotatable bonds is 5. The first-order chi connectivity index (χ1) is 13.7. The number of aromatic nitrogens is 3. The van der Waals surface area contributed by atoms with Gasteiger partial charge in [-0.25, -0.2) is 4.68 Å². The molecule has 0 bridgehead atoms. The Bertz CT molecular complexity index is 1070. The van der Waals surface area contributed by atoms with Crippen LogP contribution in [0.4, 0.5) is 0 Å². The zero-order chi connectivity index (χ0) is 19.0. The second kappa shape index (κ2) is 6.73. The lowest BCUT2D eigenvalue weighted by molar-refractivity contribution is 0.646. The van der Waals surface area contributed by atoms with Gasteiger partial charge in [-0.3, -0.25) is 0 Å². The highest BCUT2D eigenvalue weighted by molar-refractivity contribution is 5.57. The molecule has 1 aliphatic carbocycles. The van der Waals surface area contributed by atoms with Gasteiger partial charge in [-0.2, -0.15) is 0 Å². The molecule has 1 heterocycles. The van der Waals surface area contributed by atoms with E-state index < -0.39 is 0 Å². The van der Waals surface area contributed by atoms with Gasteiger partial charge in [-0.1, -0.05) is 78.0 Å². The van der Waals surface area contributed by atoms with Crippen LogP contribution in [-0.2, 0) is 6.42 Å². The molecule has 4 aromatic rings. The van der Waals surface area contributed by atoms with Crippen molar-refractivity contribution in [2.75, 3.05) is 0 Å². The molecule has 1 aromatic heterocycles. The lowest BCUT2D eigenvalue weighted by atomic mass is 9.99. The monoisotopic (exact) mass is 366 g/mol. The third kappa shape index (κ3) is 3.23. The molecule has 5 rings (SSSR count). The van der Waals surface area contributed by atoms with Gasteiger partial charge in [0.2, 0.25) is 0 Å². The van der Waals surface area contributed by atoms with Crippen LogP contribution >= 0.6 is 0 Å². The van der Waals surface area contributed by atoms with Crippen molar-refractivity contribution >= 4 is 0 Å². The minimum Gasteiger partial charge on any atom is -0.324 e. The summed E-state index contributed by atoms with van der Waals surface area (Å²) in [6, 6.07) is 29.1. The van der Waals surface area contributed by atoms with E-state index in [4.69, 9.17) is 5.73 Å². The lowest BCUT2D eigenvalue weighted by Crippen LogP contribution is -2.27. The zero-order valence-electron chi connectivity index (χ0n) is 15.6. The molecule has 0 unspecified atom stereocenters. The van der Waals surface area contributed by atoms with Crippen molar-refractivity contribution in [1.29, 1.82) is 0 Å². The summed E-state index contributed by atoms with van der Waals surface area (Å²) in [6.45, 7) is 0. The van der Waals surface area contributed by atoms with Crippen molar-refractivity contribution in [3.8, 4) is 16.9 Å². The average Bonchev–Trinajstić information content (AvgIpc) is 3.17. The van der Waals surface area contributed by atoms with Crippen LogP contribution in [0.3, 0.4) is 0 Å². The van der Waals surface area contributed by atoms with Gasteiger partial charge < -0.3 is 5.73 Å². The number of hydrogen-bond acceptors (Lipinski definition) is 3. The van der Waals surface area contributed by atoms with E-state index in [9.17, 15) is 0 Å². The maximum atomic E-state index is 6.64. The largest absolute Gasteiger partial charge is 0.324 e. The molecule has 4 heteroatoms. The lowest BCUT2D eigenvalue weighted by Gasteiger charge is -2.12. The molecule has 1 aliphatic rings. The Labute approximate surface area is 164 Å². The zero-order valence-corrected chi connectivity index (χ0v) is 15.6. The maximum absolute atomic E-state index is 6.64. The topological polar surface area (TPSA) is 56.7 Å². The van der Waals surface area contributed by atoms with Gasteiger partial charge in [-0.05, 0) is 36.1 Å². The molecule has 0 saturated heterocycles. The van der Waals surface area contributed by atoms with E-state index in [0.717, 1.165) is 29.8 Å². The van der Waals surface area contributed by atoms with E-state index in [1.54, 1.807) is 0 Å². The Hall–Kier alpha value is -3.24. The standard InChI is InChI=1S/C24H22N4/c25-24(15-18-7-3-1-4-8-18)16-22(24)19-11-13-21(14-12-19)28-17-23(26-27-28)20-9-5-2-6-10-20/h1-14,17,22H,15-16,25H2/t22-,24-/m1/s1. The van der Waals surface area contributed by atoms with Crippen molar-refractivity contribution in [2.45, 2.75) is 24.3 Å².